The van der Waals surface area contributed by atoms with Crippen molar-refractivity contribution in [2.24, 2.45) is 5.92 Å². The smallest absolute Gasteiger partial charge is 0.248 e. The first-order valence-corrected chi connectivity index (χ1v) is 11.1. The summed E-state index contributed by atoms with van der Waals surface area (Å²) >= 11 is 0. The molecule has 0 aliphatic carbocycles. The molecule has 1 aromatic carbocycles. The molecule has 9 heteroatoms. The van der Waals surface area contributed by atoms with E-state index < -0.39 is 10.0 Å². The Morgan fingerprint density at radius 2 is 2.03 bits per heavy atom. The number of hydrogen-bond donors (Lipinski definition) is 0. The topological polar surface area (TPSA) is 93.0 Å². The second kappa shape index (κ2) is 8.96. The third-order valence-electron chi connectivity index (χ3n) is 5.11. The zero-order valence-corrected chi connectivity index (χ0v) is 17.8. The minimum atomic E-state index is -3.74. The van der Waals surface area contributed by atoms with E-state index in [2.05, 4.69) is 5.16 Å². The molecule has 0 saturated carbocycles. The Morgan fingerprint density at radius 1 is 1.31 bits per heavy atom. The van der Waals surface area contributed by atoms with Crippen molar-refractivity contribution in [3.63, 3.8) is 0 Å². The molecule has 1 saturated heterocycles. The summed E-state index contributed by atoms with van der Waals surface area (Å²) in [5.41, 5.74) is 0.339. The zero-order chi connectivity index (χ0) is 21.0. The van der Waals surface area contributed by atoms with E-state index in [1.807, 2.05) is 30.3 Å². The van der Waals surface area contributed by atoms with Crippen LogP contribution < -0.4 is 4.74 Å². The van der Waals surface area contributed by atoms with E-state index in [9.17, 15) is 13.2 Å². The van der Waals surface area contributed by atoms with Crippen LogP contribution in [0.25, 0.3) is 0 Å². The van der Waals surface area contributed by atoms with Crippen LogP contribution in [-0.4, -0.2) is 62.0 Å². The van der Waals surface area contributed by atoms with Crippen LogP contribution in [0.1, 0.15) is 24.3 Å². The number of para-hydroxylation sites is 1. The molecule has 1 fully saturated rings. The fourth-order valence-electron chi connectivity index (χ4n) is 3.57. The largest absolute Gasteiger partial charge is 0.492 e. The average Bonchev–Trinajstić information content (AvgIpc) is 3.07. The lowest BCUT2D eigenvalue weighted by Crippen LogP contribution is -2.46. The summed E-state index contributed by atoms with van der Waals surface area (Å²) in [6.45, 7) is 4.55. The number of carbonyl (C=O) groups excluding carboxylic acids is 1. The first kappa shape index (κ1) is 21.3. The lowest BCUT2D eigenvalue weighted by molar-refractivity contribution is -0.135. The molecular weight excluding hydrogens is 394 g/mol. The second-order valence-corrected chi connectivity index (χ2v) is 9.15. The van der Waals surface area contributed by atoms with E-state index >= 15 is 0 Å². The number of carbonyl (C=O) groups is 1. The molecule has 1 atom stereocenters. The molecule has 0 spiro atoms. The molecule has 1 aromatic heterocycles. The van der Waals surface area contributed by atoms with Gasteiger partial charge in [0.2, 0.25) is 15.9 Å². The predicted molar refractivity (Wildman–Crippen MR) is 107 cm³/mol. The minimum absolute atomic E-state index is 0.0691. The Kier molecular flexibility index (Phi) is 6.59. The normalized spacial score (nSPS) is 17.8. The lowest BCUT2D eigenvalue weighted by Gasteiger charge is -2.33. The number of piperidine rings is 1. The monoisotopic (exact) mass is 421 g/mol. The molecule has 3 rings (SSSR count). The Hall–Kier alpha value is -2.39. The van der Waals surface area contributed by atoms with Crippen molar-refractivity contribution >= 4 is 15.9 Å². The highest BCUT2D eigenvalue weighted by Crippen LogP contribution is 2.28. The number of ether oxygens (including phenoxy) is 1. The fourth-order valence-corrected chi connectivity index (χ4v) is 5.39. The fraction of sp³-hybridized carbons (Fsp3) is 0.500. The van der Waals surface area contributed by atoms with E-state index in [1.54, 1.807) is 25.8 Å². The Labute approximate surface area is 171 Å². The molecule has 0 bridgehead atoms. The zero-order valence-electron chi connectivity index (χ0n) is 17.0. The van der Waals surface area contributed by atoms with Crippen LogP contribution in [0.2, 0.25) is 0 Å². The summed E-state index contributed by atoms with van der Waals surface area (Å²) in [4.78, 5) is 14.6. The molecule has 1 unspecified atom stereocenters. The molecule has 1 aliphatic rings. The van der Waals surface area contributed by atoms with Crippen molar-refractivity contribution < 1.29 is 22.5 Å². The second-order valence-electron chi connectivity index (χ2n) is 7.28. The Balaban J connectivity index is 1.60. The predicted octanol–water partition coefficient (Wildman–Crippen LogP) is 2.23. The quantitative estimate of drug-likeness (QED) is 0.681. The van der Waals surface area contributed by atoms with Crippen LogP contribution >= 0.6 is 0 Å². The summed E-state index contributed by atoms with van der Waals surface area (Å²) in [7, 11) is -2.02. The van der Waals surface area contributed by atoms with Gasteiger partial charge in [-0.3, -0.25) is 4.79 Å². The number of amides is 1. The van der Waals surface area contributed by atoms with E-state index in [1.165, 1.54) is 4.31 Å². The van der Waals surface area contributed by atoms with Crippen LogP contribution in [0.3, 0.4) is 0 Å². The maximum Gasteiger partial charge on any atom is 0.248 e. The number of benzene rings is 1. The number of rotatable bonds is 7. The molecule has 1 amide bonds. The third kappa shape index (κ3) is 4.79. The first-order valence-electron chi connectivity index (χ1n) is 9.66. The Morgan fingerprint density at radius 3 is 2.69 bits per heavy atom. The SMILES string of the molecule is Cc1noc(C)c1S(=O)(=O)N1CCCC(C(=O)N(C)CCOc2ccccc2)C1. The first-order chi connectivity index (χ1) is 13.8. The highest BCUT2D eigenvalue weighted by Gasteiger charge is 2.37. The van der Waals surface area contributed by atoms with Gasteiger partial charge in [0.25, 0.3) is 0 Å². The van der Waals surface area contributed by atoms with Crippen LogP contribution in [-0.2, 0) is 14.8 Å². The van der Waals surface area contributed by atoms with Crippen molar-refractivity contribution in [3.05, 3.63) is 41.8 Å². The van der Waals surface area contributed by atoms with E-state index in [4.69, 9.17) is 9.26 Å². The van der Waals surface area contributed by atoms with Gasteiger partial charge >= 0.3 is 0 Å². The van der Waals surface area contributed by atoms with Gasteiger partial charge in [0.15, 0.2) is 5.76 Å². The maximum absolute atomic E-state index is 13.0. The number of nitrogens with zero attached hydrogens (tertiary/aromatic N) is 3. The van der Waals surface area contributed by atoms with Crippen molar-refractivity contribution in [2.75, 3.05) is 33.3 Å². The van der Waals surface area contributed by atoms with E-state index in [0.29, 0.717) is 38.2 Å². The summed E-state index contributed by atoms with van der Waals surface area (Å²) < 4.78 is 38.1. The number of hydrogen-bond acceptors (Lipinski definition) is 6. The standard InChI is InChI=1S/C20H27N3O5S/c1-15-19(16(2)28-21-15)29(25,26)23-11-7-8-17(14-23)20(24)22(3)12-13-27-18-9-5-4-6-10-18/h4-6,9-10,17H,7-8,11-14H2,1-3H3. The van der Waals surface area contributed by atoms with Gasteiger partial charge in [-0.05, 0) is 38.8 Å². The minimum Gasteiger partial charge on any atom is -0.492 e. The van der Waals surface area contributed by atoms with Gasteiger partial charge in [-0.25, -0.2) is 8.42 Å². The van der Waals surface area contributed by atoms with E-state index in [-0.39, 0.29) is 29.0 Å². The summed E-state index contributed by atoms with van der Waals surface area (Å²) in [5.74, 6) is 0.579. The van der Waals surface area contributed by atoms with Gasteiger partial charge in [-0.1, -0.05) is 23.4 Å². The highest BCUT2D eigenvalue weighted by atomic mass is 32.2. The average molecular weight is 422 g/mol. The van der Waals surface area contributed by atoms with Crippen LogP contribution in [0.15, 0.2) is 39.8 Å². The third-order valence-corrected chi connectivity index (χ3v) is 7.22. The molecule has 158 valence electrons. The molecule has 2 heterocycles. The molecule has 2 aromatic rings. The number of sulfonamides is 1. The maximum atomic E-state index is 13.0. The summed E-state index contributed by atoms with van der Waals surface area (Å²) in [6, 6.07) is 9.41. The molecule has 0 radical (unpaired) electrons. The molecule has 29 heavy (non-hydrogen) atoms. The number of aryl methyl sites for hydroxylation is 2. The number of aromatic nitrogens is 1. The van der Waals surface area contributed by atoms with E-state index in [0.717, 1.165) is 5.75 Å². The van der Waals surface area contributed by atoms with Crippen LogP contribution in [0.5, 0.6) is 5.75 Å². The number of likely N-dealkylation sites (N-methyl/N-ethyl adjacent to an activating group) is 1. The van der Waals surface area contributed by atoms with Crippen LogP contribution in [0, 0.1) is 19.8 Å². The summed E-state index contributed by atoms with van der Waals surface area (Å²) in [6.07, 6.45) is 1.30. The van der Waals surface area contributed by atoms with Gasteiger partial charge < -0.3 is 14.2 Å². The van der Waals surface area contributed by atoms with Crippen molar-refractivity contribution in [2.45, 2.75) is 31.6 Å². The molecular formula is C20H27N3O5S. The van der Waals surface area contributed by atoms with Gasteiger partial charge in [0.05, 0.1) is 12.5 Å². The van der Waals surface area contributed by atoms with Gasteiger partial charge in [-0.2, -0.15) is 4.31 Å². The van der Waals surface area contributed by atoms with Crippen molar-refractivity contribution in [1.29, 1.82) is 0 Å². The van der Waals surface area contributed by atoms with Gasteiger partial charge in [-0.15, -0.1) is 0 Å². The molecule has 0 N–H and O–H groups in total. The van der Waals surface area contributed by atoms with Gasteiger partial charge in [0.1, 0.15) is 22.9 Å². The highest BCUT2D eigenvalue weighted by molar-refractivity contribution is 7.89. The van der Waals surface area contributed by atoms with Crippen LogP contribution in [0.4, 0.5) is 0 Å². The molecule has 8 nitrogen and oxygen atoms in total. The summed E-state index contributed by atoms with van der Waals surface area (Å²) in [5, 5.41) is 3.75. The van der Waals surface area contributed by atoms with Crippen molar-refractivity contribution in [3.8, 4) is 5.75 Å². The Bertz CT molecular complexity index is 923. The lowest BCUT2D eigenvalue weighted by atomic mass is 9.98. The molecule has 1 aliphatic heterocycles. The van der Waals surface area contributed by atoms with Gasteiger partial charge in [0, 0.05) is 20.1 Å². The van der Waals surface area contributed by atoms with Crippen molar-refractivity contribution in [1.82, 2.24) is 14.4 Å².